The first kappa shape index (κ1) is 19.0. The van der Waals surface area contributed by atoms with Crippen molar-refractivity contribution >= 4 is 22.8 Å². The molecule has 5 nitrogen and oxygen atoms in total. The maximum Gasteiger partial charge on any atom is 0.339 e. The van der Waals surface area contributed by atoms with Crippen LogP contribution in [0.25, 0.3) is 22.2 Å². The summed E-state index contributed by atoms with van der Waals surface area (Å²) in [7, 11) is 0. The SMILES string of the molecule is NC(=O)C1c2ccccc2CC1OC(=O)c1cc(-c2ccccc2)nc2ccccc12. The molecule has 0 fully saturated rings. The standard InChI is InChI=1S/C26H20N2O3/c27-25(29)24-18-11-5-4-10-17(18)14-23(24)31-26(30)20-15-22(16-8-2-1-3-9-16)28-21-13-7-6-12-19(20)21/h1-13,15,23-24H,14H2,(H2,27,29). The van der Waals surface area contributed by atoms with Crippen molar-refractivity contribution in [1.29, 1.82) is 0 Å². The Morgan fingerprint density at radius 1 is 0.903 bits per heavy atom. The number of aromatic nitrogens is 1. The van der Waals surface area contributed by atoms with Crippen molar-refractivity contribution in [1.82, 2.24) is 4.98 Å². The number of nitrogens with zero attached hydrogens (tertiary/aromatic N) is 1. The Bertz CT molecular complexity index is 1300. The van der Waals surface area contributed by atoms with E-state index in [1.807, 2.05) is 78.9 Å². The molecule has 5 heteroatoms. The normalized spacial score (nSPS) is 17.3. The minimum Gasteiger partial charge on any atom is -0.457 e. The zero-order chi connectivity index (χ0) is 21.4. The van der Waals surface area contributed by atoms with Crippen LogP contribution in [0.15, 0.2) is 84.9 Å². The molecule has 2 unspecified atom stereocenters. The number of fused-ring (bicyclic) bond motifs is 2. The van der Waals surface area contributed by atoms with Crippen LogP contribution < -0.4 is 5.73 Å². The fraction of sp³-hybridized carbons (Fsp3) is 0.115. The summed E-state index contributed by atoms with van der Waals surface area (Å²) >= 11 is 0. The second-order valence-corrected chi connectivity index (χ2v) is 7.66. The molecule has 0 aliphatic heterocycles. The van der Waals surface area contributed by atoms with Crippen LogP contribution in [-0.4, -0.2) is 23.0 Å². The summed E-state index contributed by atoms with van der Waals surface area (Å²) in [5.74, 6) is -1.63. The molecule has 1 aliphatic carbocycles. The fourth-order valence-corrected chi connectivity index (χ4v) is 4.31. The summed E-state index contributed by atoms with van der Waals surface area (Å²) in [4.78, 5) is 30.2. The Labute approximate surface area is 179 Å². The quantitative estimate of drug-likeness (QED) is 0.512. The molecule has 0 bridgehead atoms. The number of para-hydroxylation sites is 1. The summed E-state index contributed by atoms with van der Waals surface area (Å²) in [5, 5.41) is 0.707. The van der Waals surface area contributed by atoms with Crippen LogP contribution in [-0.2, 0) is 16.0 Å². The van der Waals surface area contributed by atoms with Crippen molar-refractivity contribution in [3.8, 4) is 11.3 Å². The number of hydrogen-bond donors (Lipinski definition) is 1. The highest BCUT2D eigenvalue weighted by molar-refractivity contribution is 6.05. The van der Waals surface area contributed by atoms with E-state index in [2.05, 4.69) is 0 Å². The van der Waals surface area contributed by atoms with E-state index >= 15 is 0 Å². The Hall–Kier alpha value is -3.99. The van der Waals surface area contributed by atoms with E-state index in [1.165, 1.54) is 0 Å². The van der Waals surface area contributed by atoms with Gasteiger partial charge in [0, 0.05) is 17.4 Å². The number of nitrogens with two attached hydrogens (primary N) is 1. The molecule has 152 valence electrons. The van der Waals surface area contributed by atoms with Crippen molar-refractivity contribution in [3.63, 3.8) is 0 Å². The summed E-state index contributed by atoms with van der Waals surface area (Å²) in [5.41, 5.74) is 10.2. The topological polar surface area (TPSA) is 82.3 Å². The Balaban J connectivity index is 1.54. The van der Waals surface area contributed by atoms with Gasteiger partial charge in [-0.1, -0.05) is 72.8 Å². The number of rotatable bonds is 4. The Morgan fingerprint density at radius 3 is 2.42 bits per heavy atom. The van der Waals surface area contributed by atoms with Gasteiger partial charge in [0.15, 0.2) is 0 Å². The lowest BCUT2D eigenvalue weighted by molar-refractivity contribution is -0.121. The number of ether oxygens (including phenoxy) is 1. The molecule has 1 aliphatic rings. The maximum absolute atomic E-state index is 13.3. The monoisotopic (exact) mass is 408 g/mol. The Morgan fingerprint density at radius 2 is 1.61 bits per heavy atom. The molecule has 0 saturated heterocycles. The minimum atomic E-state index is -0.651. The van der Waals surface area contributed by atoms with Crippen LogP contribution in [0.3, 0.4) is 0 Å². The second kappa shape index (κ2) is 7.69. The van der Waals surface area contributed by atoms with Gasteiger partial charge in [0.25, 0.3) is 0 Å². The van der Waals surface area contributed by atoms with Crippen molar-refractivity contribution in [2.75, 3.05) is 0 Å². The predicted octanol–water partition coefficient (Wildman–Crippen LogP) is 4.25. The largest absolute Gasteiger partial charge is 0.457 e. The number of hydrogen-bond acceptors (Lipinski definition) is 4. The first-order chi connectivity index (χ1) is 15.1. The average molecular weight is 408 g/mol. The summed E-state index contributed by atoms with van der Waals surface area (Å²) in [6, 6.07) is 26.5. The third-order valence-electron chi connectivity index (χ3n) is 5.75. The van der Waals surface area contributed by atoms with Crippen LogP contribution in [0.4, 0.5) is 0 Å². The van der Waals surface area contributed by atoms with Crippen LogP contribution in [0, 0.1) is 0 Å². The lowest BCUT2D eigenvalue weighted by atomic mass is 9.99. The van der Waals surface area contributed by atoms with Crippen LogP contribution >= 0.6 is 0 Å². The smallest absolute Gasteiger partial charge is 0.339 e. The van der Waals surface area contributed by atoms with Gasteiger partial charge in [0.05, 0.1) is 16.8 Å². The van der Waals surface area contributed by atoms with Gasteiger partial charge in [-0.3, -0.25) is 4.79 Å². The van der Waals surface area contributed by atoms with E-state index < -0.39 is 23.9 Å². The highest BCUT2D eigenvalue weighted by Crippen LogP contribution is 2.36. The van der Waals surface area contributed by atoms with Crippen molar-refractivity contribution < 1.29 is 14.3 Å². The number of amides is 1. The predicted molar refractivity (Wildman–Crippen MR) is 118 cm³/mol. The lowest BCUT2D eigenvalue weighted by Gasteiger charge is -2.19. The molecule has 1 heterocycles. The van der Waals surface area contributed by atoms with Crippen LogP contribution in [0.1, 0.15) is 27.4 Å². The van der Waals surface area contributed by atoms with Gasteiger partial charge < -0.3 is 10.5 Å². The van der Waals surface area contributed by atoms with Gasteiger partial charge in [0.1, 0.15) is 12.0 Å². The third kappa shape index (κ3) is 3.44. The molecular weight excluding hydrogens is 388 g/mol. The number of esters is 1. The highest BCUT2D eigenvalue weighted by Gasteiger charge is 2.39. The average Bonchev–Trinajstić information content (AvgIpc) is 3.17. The molecule has 0 saturated carbocycles. The van der Waals surface area contributed by atoms with Crippen LogP contribution in [0.5, 0.6) is 0 Å². The van der Waals surface area contributed by atoms with Gasteiger partial charge in [-0.2, -0.15) is 0 Å². The second-order valence-electron chi connectivity index (χ2n) is 7.66. The minimum absolute atomic E-state index is 0.420. The first-order valence-electron chi connectivity index (χ1n) is 10.1. The van der Waals surface area contributed by atoms with E-state index in [-0.39, 0.29) is 0 Å². The zero-order valence-electron chi connectivity index (χ0n) is 16.7. The summed E-state index contributed by atoms with van der Waals surface area (Å²) < 4.78 is 5.89. The summed E-state index contributed by atoms with van der Waals surface area (Å²) in [6.07, 6.45) is -0.168. The van der Waals surface area contributed by atoms with Gasteiger partial charge in [-0.15, -0.1) is 0 Å². The van der Waals surface area contributed by atoms with Gasteiger partial charge in [-0.25, -0.2) is 9.78 Å². The van der Waals surface area contributed by atoms with E-state index in [0.717, 1.165) is 16.7 Å². The molecular formula is C26H20N2O3. The van der Waals surface area contributed by atoms with Crippen molar-refractivity contribution in [3.05, 3.63) is 102 Å². The number of benzene rings is 3. The van der Waals surface area contributed by atoms with Gasteiger partial charge >= 0.3 is 5.97 Å². The molecule has 1 aromatic heterocycles. The fourth-order valence-electron chi connectivity index (χ4n) is 4.31. The number of carbonyl (C=O) groups excluding carboxylic acids is 2. The van der Waals surface area contributed by atoms with Crippen molar-refractivity contribution in [2.24, 2.45) is 5.73 Å². The Kier molecular flexibility index (Phi) is 4.71. The molecule has 31 heavy (non-hydrogen) atoms. The van der Waals surface area contributed by atoms with E-state index in [4.69, 9.17) is 15.5 Å². The highest BCUT2D eigenvalue weighted by atomic mass is 16.5. The molecule has 1 amide bonds. The molecule has 5 rings (SSSR count). The van der Waals surface area contributed by atoms with Gasteiger partial charge in [-0.05, 0) is 23.3 Å². The van der Waals surface area contributed by atoms with E-state index in [9.17, 15) is 9.59 Å². The molecule has 2 N–H and O–H groups in total. The first-order valence-corrected chi connectivity index (χ1v) is 10.1. The number of pyridine rings is 1. The number of carbonyl (C=O) groups is 2. The lowest BCUT2D eigenvalue weighted by Crippen LogP contribution is -2.32. The molecule has 2 atom stereocenters. The third-order valence-corrected chi connectivity index (χ3v) is 5.75. The molecule has 4 aromatic rings. The number of primary amides is 1. The van der Waals surface area contributed by atoms with E-state index in [1.54, 1.807) is 6.07 Å². The molecule has 0 radical (unpaired) electrons. The van der Waals surface area contributed by atoms with Crippen LogP contribution in [0.2, 0.25) is 0 Å². The molecule has 0 spiro atoms. The molecule has 3 aromatic carbocycles. The van der Waals surface area contributed by atoms with Crippen molar-refractivity contribution in [2.45, 2.75) is 18.4 Å². The maximum atomic E-state index is 13.3. The summed E-state index contributed by atoms with van der Waals surface area (Å²) in [6.45, 7) is 0. The zero-order valence-corrected chi connectivity index (χ0v) is 16.7. The van der Waals surface area contributed by atoms with E-state index in [0.29, 0.717) is 28.6 Å². The van der Waals surface area contributed by atoms with Gasteiger partial charge in [0.2, 0.25) is 5.91 Å².